The fourth-order valence-corrected chi connectivity index (χ4v) is 3.45. The van der Waals surface area contributed by atoms with Crippen molar-refractivity contribution in [1.82, 2.24) is 0 Å². The third-order valence-corrected chi connectivity index (χ3v) is 4.92. The molecule has 0 bridgehead atoms. The van der Waals surface area contributed by atoms with Crippen molar-refractivity contribution < 1.29 is 13.6 Å². The van der Waals surface area contributed by atoms with Crippen LogP contribution in [0.1, 0.15) is 26.3 Å². The largest absolute Gasteiger partial charge is 0.409 e. The average Bonchev–Trinajstić information content (AvgIpc) is 2.34. The summed E-state index contributed by atoms with van der Waals surface area (Å²) in [4.78, 5) is 0. The normalized spacial score (nSPS) is 13.3. The maximum absolute atomic E-state index is 12.3. The number of amidine groups is 1. The lowest BCUT2D eigenvalue weighted by Gasteiger charge is -2.25. The van der Waals surface area contributed by atoms with E-state index < -0.39 is 10.0 Å². The molecule has 0 unspecified atom stereocenters. The lowest BCUT2D eigenvalue weighted by atomic mass is 10.0. The summed E-state index contributed by atoms with van der Waals surface area (Å²) in [6, 6.07) is 6.53. The lowest BCUT2D eigenvalue weighted by Crippen LogP contribution is -2.34. The highest BCUT2D eigenvalue weighted by Crippen LogP contribution is 2.23. The van der Waals surface area contributed by atoms with Crippen LogP contribution in [-0.4, -0.2) is 32.3 Å². The van der Waals surface area contributed by atoms with Crippen LogP contribution < -0.4 is 10.0 Å². The average molecular weight is 299 g/mol. The standard InChI is InChI=1S/C13H21N3O3S/c1-13(2,3)9-20(18,19)16(4)11-7-5-6-10(8-11)12(14)15-17/h5-8,17H,9H2,1-4H3,(H2,14,15). The molecular weight excluding hydrogens is 278 g/mol. The number of anilines is 1. The van der Waals surface area contributed by atoms with Gasteiger partial charge in [0.1, 0.15) is 0 Å². The maximum Gasteiger partial charge on any atom is 0.235 e. The van der Waals surface area contributed by atoms with Crippen LogP contribution in [0.25, 0.3) is 0 Å². The van der Waals surface area contributed by atoms with Gasteiger partial charge in [0.05, 0.1) is 11.4 Å². The predicted octanol–water partition coefficient (Wildman–Crippen LogP) is 1.59. The molecule has 0 heterocycles. The van der Waals surface area contributed by atoms with Gasteiger partial charge in [-0.05, 0) is 17.5 Å². The minimum absolute atomic E-state index is 0.0320. The number of nitrogens with zero attached hydrogens (tertiary/aromatic N) is 2. The third kappa shape index (κ3) is 4.12. The van der Waals surface area contributed by atoms with Crippen molar-refractivity contribution in [2.45, 2.75) is 20.8 Å². The molecule has 0 saturated heterocycles. The van der Waals surface area contributed by atoms with E-state index in [-0.39, 0.29) is 17.0 Å². The van der Waals surface area contributed by atoms with Crippen molar-refractivity contribution >= 4 is 21.5 Å². The van der Waals surface area contributed by atoms with Gasteiger partial charge in [-0.1, -0.05) is 38.1 Å². The third-order valence-electron chi connectivity index (χ3n) is 2.65. The maximum atomic E-state index is 12.3. The second-order valence-corrected chi connectivity index (χ2v) is 7.82. The monoisotopic (exact) mass is 299 g/mol. The Labute approximate surface area is 119 Å². The number of nitrogens with two attached hydrogens (primary N) is 1. The van der Waals surface area contributed by atoms with Gasteiger partial charge < -0.3 is 10.9 Å². The predicted molar refractivity (Wildman–Crippen MR) is 80.6 cm³/mol. The first kappa shape index (κ1) is 16.3. The van der Waals surface area contributed by atoms with Gasteiger partial charge in [-0.25, -0.2) is 8.42 Å². The van der Waals surface area contributed by atoms with Crippen molar-refractivity contribution in [2.24, 2.45) is 16.3 Å². The Hall–Kier alpha value is -1.76. The fraction of sp³-hybridized carbons (Fsp3) is 0.462. The van der Waals surface area contributed by atoms with Gasteiger partial charge in [0.15, 0.2) is 5.84 Å². The number of hydrogen-bond acceptors (Lipinski definition) is 4. The molecule has 0 fully saturated rings. The van der Waals surface area contributed by atoms with Crippen molar-refractivity contribution in [3.8, 4) is 0 Å². The van der Waals surface area contributed by atoms with E-state index in [4.69, 9.17) is 10.9 Å². The first-order valence-corrected chi connectivity index (χ1v) is 7.72. The zero-order valence-corrected chi connectivity index (χ0v) is 13.0. The molecule has 3 N–H and O–H groups in total. The molecule has 0 aliphatic carbocycles. The molecule has 20 heavy (non-hydrogen) atoms. The Kier molecular flexibility index (Phi) is 4.65. The number of rotatable bonds is 4. The molecule has 0 atom stereocenters. The summed E-state index contributed by atoms with van der Waals surface area (Å²) in [5.41, 5.74) is 6.10. The Bertz CT molecular complexity index is 604. The molecular formula is C13H21N3O3S. The highest BCUT2D eigenvalue weighted by Gasteiger charge is 2.26. The van der Waals surface area contributed by atoms with Gasteiger partial charge in [0, 0.05) is 12.6 Å². The molecule has 0 saturated carbocycles. The van der Waals surface area contributed by atoms with E-state index in [1.807, 2.05) is 20.8 Å². The van der Waals surface area contributed by atoms with E-state index >= 15 is 0 Å². The van der Waals surface area contributed by atoms with E-state index in [1.165, 1.54) is 11.4 Å². The summed E-state index contributed by atoms with van der Waals surface area (Å²) < 4.78 is 25.8. The van der Waals surface area contributed by atoms with Crippen LogP contribution in [0.2, 0.25) is 0 Å². The van der Waals surface area contributed by atoms with Crippen LogP contribution in [0.4, 0.5) is 5.69 Å². The van der Waals surface area contributed by atoms with Gasteiger partial charge in [-0.3, -0.25) is 4.31 Å². The highest BCUT2D eigenvalue weighted by atomic mass is 32.2. The van der Waals surface area contributed by atoms with Crippen molar-refractivity contribution in [3.63, 3.8) is 0 Å². The van der Waals surface area contributed by atoms with Gasteiger partial charge in [0.25, 0.3) is 0 Å². The second kappa shape index (κ2) is 5.70. The smallest absolute Gasteiger partial charge is 0.235 e. The number of benzene rings is 1. The molecule has 1 rings (SSSR count). The first-order valence-electron chi connectivity index (χ1n) is 6.11. The van der Waals surface area contributed by atoms with E-state index in [0.29, 0.717) is 11.3 Å². The van der Waals surface area contributed by atoms with Crippen LogP contribution in [0.5, 0.6) is 0 Å². The summed E-state index contributed by atoms with van der Waals surface area (Å²) in [7, 11) is -1.94. The zero-order chi connectivity index (χ0) is 15.6. The topological polar surface area (TPSA) is 96.0 Å². The molecule has 0 aromatic heterocycles. The number of sulfonamides is 1. The minimum Gasteiger partial charge on any atom is -0.409 e. The molecule has 0 radical (unpaired) electrons. The number of hydrogen-bond donors (Lipinski definition) is 2. The van der Waals surface area contributed by atoms with E-state index in [1.54, 1.807) is 24.3 Å². The van der Waals surface area contributed by atoms with E-state index in [9.17, 15) is 8.42 Å². The Morgan fingerprint density at radius 3 is 2.50 bits per heavy atom. The van der Waals surface area contributed by atoms with E-state index in [2.05, 4.69) is 5.16 Å². The summed E-state index contributed by atoms with van der Waals surface area (Å²) in [6.07, 6.45) is 0. The van der Waals surface area contributed by atoms with Gasteiger partial charge >= 0.3 is 0 Å². The Balaban J connectivity index is 3.12. The molecule has 0 aliphatic rings. The summed E-state index contributed by atoms with van der Waals surface area (Å²) in [6.45, 7) is 5.60. The van der Waals surface area contributed by atoms with Gasteiger partial charge in [-0.2, -0.15) is 0 Å². The first-order chi connectivity index (χ1) is 9.07. The zero-order valence-electron chi connectivity index (χ0n) is 12.2. The van der Waals surface area contributed by atoms with Gasteiger partial charge in [0.2, 0.25) is 10.0 Å². The lowest BCUT2D eigenvalue weighted by molar-refractivity contribution is 0.318. The molecule has 6 nitrogen and oxygen atoms in total. The van der Waals surface area contributed by atoms with E-state index in [0.717, 1.165) is 0 Å². The Morgan fingerprint density at radius 2 is 2.00 bits per heavy atom. The quantitative estimate of drug-likeness (QED) is 0.382. The molecule has 7 heteroatoms. The van der Waals surface area contributed by atoms with Crippen LogP contribution in [0, 0.1) is 5.41 Å². The van der Waals surface area contributed by atoms with Crippen LogP contribution in [0.15, 0.2) is 29.4 Å². The highest BCUT2D eigenvalue weighted by molar-refractivity contribution is 7.92. The molecule has 112 valence electrons. The summed E-state index contributed by atoms with van der Waals surface area (Å²) >= 11 is 0. The van der Waals surface area contributed by atoms with Crippen molar-refractivity contribution in [2.75, 3.05) is 17.1 Å². The fourth-order valence-electron chi connectivity index (χ4n) is 1.72. The van der Waals surface area contributed by atoms with Crippen molar-refractivity contribution in [1.29, 1.82) is 0 Å². The molecule has 1 aromatic rings. The number of oxime groups is 1. The van der Waals surface area contributed by atoms with Crippen LogP contribution in [0.3, 0.4) is 0 Å². The molecule has 0 spiro atoms. The minimum atomic E-state index is -3.43. The summed E-state index contributed by atoms with van der Waals surface area (Å²) in [5.74, 6) is -0.0296. The SMILES string of the molecule is CN(c1cccc(C(N)=NO)c1)S(=O)(=O)CC(C)(C)C. The van der Waals surface area contributed by atoms with Gasteiger partial charge in [-0.15, -0.1) is 0 Å². The molecule has 0 amide bonds. The Morgan fingerprint density at radius 1 is 1.40 bits per heavy atom. The summed E-state index contributed by atoms with van der Waals surface area (Å²) in [5, 5.41) is 11.6. The molecule has 1 aromatic carbocycles. The molecule has 0 aliphatic heterocycles. The van der Waals surface area contributed by atoms with Crippen molar-refractivity contribution in [3.05, 3.63) is 29.8 Å². The van der Waals surface area contributed by atoms with Crippen LogP contribution >= 0.6 is 0 Å². The van der Waals surface area contributed by atoms with Crippen LogP contribution in [-0.2, 0) is 10.0 Å². The second-order valence-electron chi connectivity index (χ2n) is 5.82.